The smallest absolute Gasteiger partial charge is 0.320 e. The number of anilines is 1. The predicted molar refractivity (Wildman–Crippen MR) is 81.2 cm³/mol. The first-order valence-corrected chi connectivity index (χ1v) is 6.58. The first-order chi connectivity index (χ1) is 10.2. The van der Waals surface area contributed by atoms with E-state index < -0.39 is 0 Å². The zero-order valence-electron chi connectivity index (χ0n) is 11.8. The highest BCUT2D eigenvalue weighted by Gasteiger charge is 2.08. The molecule has 0 fully saturated rings. The molecule has 0 atom stereocenters. The molecule has 2 heterocycles. The molecule has 6 nitrogen and oxygen atoms in total. The number of rotatable bonds is 2. The van der Waals surface area contributed by atoms with Crippen LogP contribution in [0.4, 0.5) is 10.6 Å². The van der Waals surface area contributed by atoms with Crippen LogP contribution in [0.25, 0.3) is 16.9 Å². The summed E-state index contributed by atoms with van der Waals surface area (Å²) in [5.41, 5.74) is 3.78. The average Bonchev–Trinajstić information content (AvgIpc) is 2.88. The van der Waals surface area contributed by atoms with Crippen LogP contribution in [0.1, 0.15) is 5.56 Å². The van der Waals surface area contributed by atoms with E-state index in [0.29, 0.717) is 11.5 Å². The molecule has 2 N–H and O–H groups in total. The quantitative estimate of drug-likeness (QED) is 0.758. The molecule has 0 unspecified atom stereocenters. The summed E-state index contributed by atoms with van der Waals surface area (Å²) in [6.07, 6.45) is 1.69. The van der Waals surface area contributed by atoms with E-state index in [0.717, 1.165) is 16.8 Å². The first kappa shape index (κ1) is 13.1. The molecule has 0 bridgehead atoms. The number of nitrogens with one attached hydrogen (secondary N) is 2. The third-order valence-corrected chi connectivity index (χ3v) is 3.21. The van der Waals surface area contributed by atoms with E-state index in [2.05, 4.69) is 20.7 Å². The Morgan fingerprint density at radius 1 is 1.19 bits per heavy atom. The molecule has 1 aromatic carbocycles. The summed E-state index contributed by atoms with van der Waals surface area (Å²) in [5, 5.41) is 9.65. The van der Waals surface area contributed by atoms with Crippen molar-refractivity contribution in [2.75, 3.05) is 12.4 Å². The molecule has 106 valence electrons. The Bertz CT molecular complexity index is 809. The van der Waals surface area contributed by atoms with Gasteiger partial charge in [0.15, 0.2) is 11.5 Å². The monoisotopic (exact) mass is 281 g/mol. The second-order valence-electron chi connectivity index (χ2n) is 4.67. The largest absolute Gasteiger partial charge is 0.341 e. The van der Waals surface area contributed by atoms with Crippen LogP contribution in [0.3, 0.4) is 0 Å². The number of hydrogen-bond acceptors (Lipinski definition) is 3. The Labute approximate surface area is 121 Å². The van der Waals surface area contributed by atoms with Gasteiger partial charge in [0.05, 0.1) is 11.9 Å². The number of imidazole rings is 1. The van der Waals surface area contributed by atoms with Gasteiger partial charge in [0.25, 0.3) is 0 Å². The van der Waals surface area contributed by atoms with Crippen LogP contribution >= 0.6 is 0 Å². The van der Waals surface area contributed by atoms with Gasteiger partial charge in [-0.3, -0.25) is 5.32 Å². The van der Waals surface area contributed by atoms with Crippen molar-refractivity contribution in [2.45, 2.75) is 6.92 Å². The number of carbonyl (C=O) groups excluding carboxylic acids is 1. The van der Waals surface area contributed by atoms with Crippen molar-refractivity contribution in [1.29, 1.82) is 0 Å². The highest BCUT2D eigenvalue weighted by Crippen LogP contribution is 2.21. The Kier molecular flexibility index (Phi) is 3.27. The Hall–Kier alpha value is -2.89. The molecule has 6 heteroatoms. The topological polar surface area (TPSA) is 71.3 Å². The van der Waals surface area contributed by atoms with Gasteiger partial charge in [-0.15, -0.1) is 0 Å². The maximum Gasteiger partial charge on any atom is 0.320 e. The maximum absolute atomic E-state index is 11.3. The number of aromatic nitrogens is 3. The van der Waals surface area contributed by atoms with Gasteiger partial charge in [-0.25, -0.2) is 14.3 Å². The molecule has 0 aliphatic rings. The molecule has 0 spiro atoms. The highest BCUT2D eigenvalue weighted by molar-refractivity contribution is 5.88. The minimum atomic E-state index is -0.308. The molecule has 0 aliphatic carbocycles. The fourth-order valence-electron chi connectivity index (χ4n) is 2.13. The molecule has 0 saturated carbocycles. The van der Waals surface area contributed by atoms with Gasteiger partial charge >= 0.3 is 6.03 Å². The lowest BCUT2D eigenvalue weighted by molar-refractivity contribution is 0.254. The molecule has 2 aromatic heterocycles. The molecule has 2 amide bonds. The van der Waals surface area contributed by atoms with E-state index in [9.17, 15) is 4.79 Å². The lowest BCUT2D eigenvalue weighted by atomic mass is 10.1. The van der Waals surface area contributed by atoms with Crippen LogP contribution < -0.4 is 10.6 Å². The Morgan fingerprint density at radius 2 is 2.00 bits per heavy atom. The molecular weight excluding hydrogens is 266 g/mol. The van der Waals surface area contributed by atoms with Gasteiger partial charge in [0.2, 0.25) is 0 Å². The second kappa shape index (κ2) is 5.24. The number of aryl methyl sites for hydroxylation is 1. The number of benzene rings is 1. The van der Waals surface area contributed by atoms with Crippen molar-refractivity contribution in [3.8, 4) is 11.3 Å². The summed E-state index contributed by atoms with van der Waals surface area (Å²) >= 11 is 0. The second-order valence-corrected chi connectivity index (χ2v) is 4.67. The summed E-state index contributed by atoms with van der Waals surface area (Å²) in [6.45, 7) is 2.05. The standard InChI is InChI=1S/C15H15N5O/c1-10-5-3-4-6-11(10)12-7-8-14-17-13(9-20(14)19-12)18-15(21)16-2/h3-9H,1-2H3,(H2,16,18,21). The van der Waals surface area contributed by atoms with E-state index in [1.165, 1.54) is 0 Å². The van der Waals surface area contributed by atoms with Crippen molar-refractivity contribution >= 4 is 17.5 Å². The number of urea groups is 1. The number of amides is 2. The molecule has 3 aromatic rings. The van der Waals surface area contributed by atoms with Gasteiger partial charge in [0.1, 0.15) is 0 Å². The van der Waals surface area contributed by atoms with E-state index in [1.807, 2.05) is 43.3 Å². The molecular formula is C15H15N5O. The third-order valence-electron chi connectivity index (χ3n) is 3.21. The lowest BCUT2D eigenvalue weighted by Crippen LogP contribution is -2.24. The highest BCUT2D eigenvalue weighted by atomic mass is 16.2. The van der Waals surface area contributed by atoms with Gasteiger partial charge in [-0.1, -0.05) is 24.3 Å². The third kappa shape index (κ3) is 2.55. The number of hydrogen-bond donors (Lipinski definition) is 2. The summed E-state index contributed by atoms with van der Waals surface area (Å²) in [4.78, 5) is 15.6. The number of carbonyl (C=O) groups is 1. The van der Waals surface area contributed by atoms with Crippen LogP contribution in [-0.4, -0.2) is 27.7 Å². The summed E-state index contributed by atoms with van der Waals surface area (Å²) < 4.78 is 1.66. The van der Waals surface area contributed by atoms with E-state index >= 15 is 0 Å². The average molecular weight is 281 g/mol. The Morgan fingerprint density at radius 3 is 2.76 bits per heavy atom. The molecule has 0 aliphatic heterocycles. The van der Waals surface area contributed by atoms with Crippen LogP contribution in [0.2, 0.25) is 0 Å². The van der Waals surface area contributed by atoms with Crippen molar-refractivity contribution in [2.24, 2.45) is 0 Å². The minimum Gasteiger partial charge on any atom is -0.341 e. The number of fused-ring (bicyclic) bond motifs is 1. The fraction of sp³-hybridized carbons (Fsp3) is 0.133. The van der Waals surface area contributed by atoms with Crippen molar-refractivity contribution in [1.82, 2.24) is 19.9 Å². The normalized spacial score (nSPS) is 10.6. The van der Waals surface area contributed by atoms with Crippen LogP contribution in [0.15, 0.2) is 42.6 Å². The van der Waals surface area contributed by atoms with Crippen molar-refractivity contribution in [3.05, 3.63) is 48.2 Å². The van der Waals surface area contributed by atoms with Gasteiger partial charge in [0, 0.05) is 12.6 Å². The van der Waals surface area contributed by atoms with Gasteiger partial charge in [-0.2, -0.15) is 5.10 Å². The van der Waals surface area contributed by atoms with Crippen molar-refractivity contribution in [3.63, 3.8) is 0 Å². The summed E-state index contributed by atoms with van der Waals surface area (Å²) in [5.74, 6) is 0.462. The van der Waals surface area contributed by atoms with E-state index in [1.54, 1.807) is 17.8 Å². The maximum atomic E-state index is 11.3. The van der Waals surface area contributed by atoms with Crippen LogP contribution in [0.5, 0.6) is 0 Å². The summed E-state index contributed by atoms with van der Waals surface area (Å²) in [6, 6.07) is 11.6. The first-order valence-electron chi connectivity index (χ1n) is 6.58. The SMILES string of the molecule is CNC(=O)Nc1cn2nc(-c3ccccc3C)ccc2n1. The predicted octanol–water partition coefficient (Wildman–Crippen LogP) is 2.46. The fourth-order valence-corrected chi connectivity index (χ4v) is 2.13. The molecule has 21 heavy (non-hydrogen) atoms. The zero-order chi connectivity index (χ0) is 14.8. The van der Waals surface area contributed by atoms with Crippen LogP contribution in [0, 0.1) is 6.92 Å². The lowest BCUT2D eigenvalue weighted by Gasteiger charge is -2.04. The van der Waals surface area contributed by atoms with Crippen LogP contribution in [-0.2, 0) is 0 Å². The van der Waals surface area contributed by atoms with Gasteiger partial charge in [-0.05, 0) is 24.6 Å². The van der Waals surface area contributed by atoms with E-state index in [4.69, 9.17) is 0 Å². The van der Waals surface area contributed by atoms with Gasteiger partial charge < -0.3 is 5.32 Å². The Balaban J connectivity index is 2.01. The summed E-state index contributed by atoms with van der Waals surface area (Å²) in [7, 11) is 1.56. The number of nitrogens with zero attached hydrogens (tertiary/aromatic N) is 3. The van der Waals surface area contributed by atoms with Crippen molar-refractivity contribution < 1.29 is 4.79 Å². The van der Waals surface area contributed by atoms with E-state index in [-0.39, 0.29) is 6.03 Å². The molecule has 0 radical (unpaired) electrons. The minimum absolute atomic E-state index is 0.308. The molecule has 0 saturated heterocycles. The molecule has 3 rings (SSSR count). The zero-order valence-corrected chi connectivity index (χ0v) is 11.8.